The highest BCUT2D eigenvalue weighted by molar-refractivity contribution is 6.05. The number of aliphatic hydroxyl groups is 1. The molecule has 0 unspecified atom stereocenters. The van der Waals surface area contributed by atoms with E-state index < -0.39 is 0 Å². The fourth-order valence-electron chi connectivity index (χ4n) is 2.55. The zero-order valence-corrected chi connectivity index (χ0v) is 12.6. The molecule has 0 saturated heterocycles. The Balaban J connectivity index is 1.99. The van der Waals surface area contributed by atoms with Crippen LogP contribution in [0, 0.1) is 0 Å². The monoisotopic (exact) mass is 322 g/mol. The summed E-state index contributed by atoms with van der Waals surface area (Å²) in [6, 6.07) is 10.4. The summed E-state index contributed by atoms with van der Waals surface area (Å²) in [6.07, 6.45) is 1.65. The predicted molar refractivity (Wildman–Crippen MR) is 89.8 cm³/mol. The Labute approximate surface area is 136 Å². The van der Waals surface area contributed by atoms with Gasteiger partial charge in [-0.05, 0) is 24.3 Å². The molecule has 0 radical (unpaired) electrons. The fraction of sp³-hybridized carbons (Fsp3) is 0.118. The van der Waals surface area contributed by atoms with Crippen molar-refractivity contribution in [2.24, 2.45) is 0 Å². The Morgan fingerprint density at radius 2 is 2.04 bits per heavy atom. The summed E-state index contributed by atoms with van der Waals surface area (Å²) >= 11 is 0. The average molecular weight is 322 g/mol. The predicted octanol–water partition coefficient (Wildman–Crippen LogP) is 2.55. The maximum atomic E-state index is 9.70. The lowest BCUT2D eigenvalue weighted by molar-refractivity contribution is 0.311. The molecule has 0 bridgehead atoms. The first-order valence-electron chi connectivity index (χ1n) is 7.45. The minimum Gasteiger partial charge on any atom is -0.508 e. The summed E-state index contributed by atoms with van der Waals surface area (Å²) in [4.78, 5) is 13.3. The molecule has 0 aliphatic carbocycles. The molecule has 0 amide bonds. The first-order valence-corrected chi connectivity index (χ1v) is 7.45. The topological polar surface area (TPSA) is 104 Å². The summed E-state index contributed by atoms with van der Waals surface area (Å²) in [5.74, 6) is 1.07. The molecular weight excluding hydrogens is 308 g/mol. The number of fused-ring (bicyclic) bond motifs is 3. The molecule has 1 aromatic carbocycles. The summed E-state index contributed by atoms with van der Waals surface area (Å²) in [6.45, 7) is 0.293. The Hall–Kier alpha value is -3.19. The van der Waals surface area contributed by atoms with Crippen LogP contribution in [-0.4, -0.2) is 38.3 Å². The van der Waals surface area contributed by atoms with Crippen LogP contribution in [0.25, 0.3) is 33.6 Å². The number of nitrogens with one attached hydrogen (secondary N) is 1. The normalized spacial score (nSPS) is 11.2. The number of phenols is 1. The van der Waals surface area contributed by atoms with Crippen molar-refractivity contribution in [1.82, 2.24) is 15.0 Å². The van der Waals surface area contributed by atoms with Crippen LogP contribution in [0.5, 0.6) is 5.75 Å². The number of hydrogen-bond donors (Lipinski definition) is 3. The van der Waals surface area contributed by atoms with E-state index in [0.29, 0.717) is 40.6 Å². The van der Waals surface area contributed by atoms with Gasteiger partial charge in [-0.15, -0.1) is 0 Å². The highest BCUT2D eigenvalue weighted by Gasteiger charge is 2.17. The second kappa shape index (κ2) is 5.78. The van der Waals surface area contributed by atoms with Crippen LogP contribution in [0.3, 0.4) is 0 Å². The van der Waals surface area contributed by atoms with Crippen molar-refractivity contribution in [2.45, 2.75) is 0 Å². The Morgan fingerprint density at radius 1 is 1.12 bits per heavy atom. The SMILES string of the molecule is OCCNc1nc(-c2cccc(O)c2)nc2c1oc1ncccc12. The van der Waals surface area contributed by atoms with E-state index in [1.54, 1.807) is 24.4 Å². The fourth-order valence-corrected chi connectivity index (χ4v) is 2.55. The molecule has 0 spiro atoms. The van der Waals surface area contributed by atoms with Gasteiger partial charge in [0.15, 0.2) is 17.2 Å². The van der Waals surface area contributed by atoms with Gasteiger partial charge in [0, 0.05) is 18.3 Å². The van der Waals surface area contributed by atoms with Gasteiger partial charge in [0.2, 0.25) is 5.71 Å². The zero-order valence-electron chi connectivity index (χ0n) is 12.6. The molecule has 3 heterocycles. The Morgan fingerprint density at radius 3 is 2.88 bits per heavy atom. The number of hydrogen-bond acceptors (Lipinski definition) is 7. The molecule has 7 nitrogen and oxygen atoms in total. The largest absolute Gasteiger partial charge is 0.508 e. The number of aromatic nitrogens is 3. The number of nitrogens with zero attached hydrogens (tertiary/aromatic N) is 3. The van der Waals surface area contributed by atoms with E-state index >= 15 is 0 Å². The molecule has 3 N–H and O–H groups in total. The molecule has 0 atom stereocenters. The first kappa shape index (κ1) is 14.4. The van der Waals surface area contributed by atoms with Crippen molar-refractivity contribution >= 4 is 28.0 Å². The molecule has 0 fully saturated rings. The molecule has 24 heavy (non-hydrogen) atoms. The van der Waals surface area contributed by atoms with Crippen molar-refractivity contribution in [3.63, 3.8) is 0 Å². The molecule has 4 aromatic rings. The number of pyridine rings is 1. The molecule has 0 aliphatic heterocycles. The minimum absolute atomic E-state index is 0.0363. The molecule has 0 saturated carbocycles. The number of rotatable bonds is 4. The number of aromatic hydroxyl groups is 1. The molecule has 7 heteroatoms. The summed E-state index contributed by atoms with van der Waals surface area (Å²) in [7, 11) is 0. The van der Waals surface area contributed by atoms with Gasteiger partial charge in [-0.25, -0.2) is 15.0 Å². The zero-order chi connectivity index (χ0) is 16.5. The van der Waals surface area contributed by atoms with Crippen LogP contribution in [0.15, 0.2) is 47.0 Å². The third-order valence-corrected chi connectivity index (χ3v) is 3.60. The first-order chi connectivity index (χ1) is 11.8. The number of furan rings is 1. The lowest BCUT2D eigenvalue weighted by Crippen LogP contribution is -2.08. The second-order valence-corrected chi connectivity index (χ2v) is 5.23. The quantitative estimate of drug-likeness (QED) is 0.530. The summed E-state index contributed by atoms with van der Waals surface area (Å²) in [5.41, 5.74) is 2.28. The van der Waals surface area contributed by atoms with Gasteiger partial charge in [0.1, 0.15) is 11.3 Å². The van der Waals surface area contributed by atoms with Crippen LogP contribution in [0.1, 0.15) is 0 Å². The average Bonchev–Trinajstić information content (AvgIpc) is 2.98. The maximum absolute atomic E-state index is 9.70. The number of anilines is 1. The van der Waals surface area contributed by atoms with Crippen LogP contribution in [0.4, 0.5) is 5.82 Å². The van der Waals surface area contributed by atoms with Gasteiger partial charge in [-0.3, -0.25) is 0 Å². The smallest absolute Gasteiger partial charge is 0.229 e. The Kier molecular flexibility index (Phi) is 3.47. The van der Waals surface area contributed by atoms with Crippen LogP contribution in [0.2, 0.25) is 0 Å². The van der Waals surface area contributed by atoms with E-state index in [0.717, 1.165) is 5.39 Å². The second-order valence-electron chi connectivity index (χ2n) is 5.23. The van der Waals surface area contributed by atoms with Crippen molar-refractivity contribution < 1.29 is 14.6 Å². The van der Waals surface area contributed by atoms with Gasteiger partial charge in [0.25, 0.3) is 0 Å². The van der Waals surface area contributed by atoms with E-state index in [-0.39, 0.29) is 12.4 Å². The van der Waals surface area contributed by atoms with Gasteiger partial charge in [0.05, 0.1) is 12.0 Å². The van der Waals surface area contributed by atoms with E-state index in [4.69, 9.17) is 9.52 Å². The lowest BCUT2D eigenvalue weighted by atomic mass is 10.2. The lowest BCUT2D eigenvalue weighted by Gasteiger charge is -2.07. The van der Waals surface area contributed by atoms with E-state index in [1.807, 2.05) is 18.2 Å². The number of phenolic OH excluding ortho intramolecular Hbond substituents is 1. The van der Waals surface area contributed by atoms with E-state index in [1.165, 1.54) is 0 Å². The van der Waals surface area contributed by atoms with Gasteiger partial charge in [-0.2, -0.15) is 0 Å². The van der Waals surface area contributed by atoms with Crippen LogP contribution < -0.4 is 5.32 Å². The highest BCUT2D eigenvalue weighted by Crippen LogP contribution is 2.32. The summed E-state index contributed by atoms with van der Waals surface area (Å²) in [5, 5.41) is 22.6. The standard InChI is InChI=1S/C17H14N4O3/c22-8-7-18-16-14-13(12-5-2-6-19-17(12)24-14)20-15(21-16)10-3-1-4-11(23)9-10/h1-6,9,22-23H,7-8H2,(H,18,20,21). The van der Waals surface area contributed by atoms with Crippen LogP contribution >= 0.6 is 0 Å². The third-order valence-electron chi connectivity index (χ3n) is 3.60. The van der Waals surface area contributed by atoms with Gasteiger partial charge in [-0.1, -0.05) is 12.1 Å². The van der Waals surface area contributed by atoms with Crippen LogP contribution in [-0.2, 0) is 0 Å². The van der Waals surface area contributed by atoms with Gasteiger partial charge >= 0.3 is 0 Å². The molecular formula is C17H14N4O3. The summed E-state index contributed by atoms with van der Waals surface area (Å²) < 4.78 is 5.77. The number of aliphatic hydroxyl groups excluding tert-OH is 1. The third kappa shape index (κ3) is 2.40. The molecule has 4 rings (SSSR count). The van der Waals surface area contributed by atoms with Crippen molar-refractivity contribution in [2.75, 3.05) is 18.5 Å². The Bertz CT molecular complexity index is 1030. The molecule has 120 valence electrons. The van der Waals surface area contributed by atoms with Crippen molar-refractivity contribution in [3.8, 4) is 17.1 Å². The molecule has 0 aliphatic rings. The minimum atomic E-state index is -0.0363. The van der Waals surface area contributed by atoms with Crippen molar-refractivity contribution in [3.05, 3.63) is 42.6 Å². The number of benzene rings is 1. The molecule has 3 aromatic heterocycles. The maximum Gasteiger partial charge on any atom is 0.229 e. The van der Waals surface area contributed by atoms with Crippen molar-refractivity contribution in [1.29, 1.82) is 0 Å². The highest BCUT2D eigenvalue weighted by atomic mass is 16.3. The van der Waals surface area contributed by atoms with E-state index in [9.17, 15) is 5.11 Å². The van der Waals surface area contributed by atoms with Gasteiger partial charge < -0.3 is 19.9 Å². The van der Waals surface area contributed by atoms with E-state index in [2.05, 4.69) is 20.3 Å².